The Hall–Kier alpha value is -3.02. The maximum absolute atomic E-state index is 13.4. The zero-order chi connectivity index (χ0) is 23.4. The van der Waals surface area contributed by atoms with Crippen LogP contribution >= 0.6 is 0 Å². The van der Waals surface area contributed by atoms with Crippen LogP contribution in [-0.2, 0) is 11.2 Å². The zero-order valence-electron chi connectivity index (χ0n) is 19.8. The number of rotatable bonds is 4. The quantitative estimate of drug-likeness (QED) is 0.608. The summed E-state index contributed by atoms with van der Waals surface area (Å²) >= 11 is 0. The van der Waals surface area contributed by atoms with E-state index in [1.807, 2.05) is 35.4 Å². The molecule has 4 aliphatic rings. The van der Waals surface area contributed by atoms with Crippen molar-refractivity contribution in [1.29, 1.82) is 0 Å². The molecule has 2 aliphatic carbocycles. The van der Waals surface area contributed by atoms with Crippen molar-refractivity contribution in [3.63, 3.8) is 0 Å². The zero-order valence-corrected chi connectivity index (χ0v) is 19.8. The molecule has 1 N–H and O–H groups in total. The summed E-state index contributed by atoms with van der Waals surface area (Å²) in [5.41, 5.74) is 3.57. The molecule has 1 aromatic heterocycles. The molecule has 2 aliphatic heterocycles. The summed E-state index contributed by atoms with van der Waals surface area (Å²) in [4.78, 5) is 19.4. The molecule has 178 valence electrons. The Morgan fingerprint density at radius 2 is 2.15 bits per heavy atom. The van der Waals surface area contributed by atoms with Gasteiger partial charge in [0.15, 0.2) is 17.6 Å². The number of aromatic nitrogens is 1. The molecule has 6 heteroatoms. The number of carbonyl (C=O) groups excluding carboxylic acids is 1. The highest BCUT2D eigenvalue weighted by Crippen LogP contribution is 2.62. The van der Waals surface area contributed by atoms with Crippen LogP contribution in [-0.4, -0.2) is 39.8 Å². The first-order valence-corrected chi connectivity index (χ1v) is 12.6. The van der Waals surface area contributed by atoms with Crippen LogP contribution in [0.4, 0.5) is 4.79 Å². The summed E-state index contributed by atoms with van der Waals surface area (Å²) in [6.07, 6.45) is 11.8. The summed E-state index contributed by atoms with van der Waals surface area (Å²) in [7, 11) is 0. The molecule has 1 saturated carbocycles. The predicted molar refractivity (Wildman–Crippen MR) is 128 cm³/mol. The molecule has 0 radical (unpaired) electrons. The summed E-state index contributed by atoms with van der Waals surface area (Å²) in [6.45, 7) is 5.14. The maximum atomic E-state index is 13.4. The minimum atomic E-state index is -0.497. The summed E-state index contributed by atoms with van der Waals surface area (Å²) < 4.78 is 12.6. The first-order chi connectivity index (χ1) is 16.5. The molecule has 0 spiro atoms. The van der Waals surface area contributed by atoms with Gasteiger partial charge in [0.2, 0.25) is 0 Å². The van der Waals surface area contributed by atoms with Crippen LogP contribution in [0.15, 0.2) is 48.8 Å². The molecule has 2 aromatic rings. The van der Waals surface area contributed by atoms with Crippen LogP contribution in [0.1, 0.15) is 68.2 Å². The Balaban J connectivity index is 1.30. The minimum Gasteiger partial charge on any atom is -0.504 e. The molecule has 6 nitrogen and oxygen atoms in total. The van der Waals surface area contributed by atoms with Crippen molar-refractivity contribution in [2.45, 2.75) is 70.1 Å². The van der Waals surface area contributed by atoms with Crippen molar-refractivity contribution in [1.82, 2.24) is 9.88 Å². The Labute approximate surface area is 200 Å². The highest BCUT2D eigenvalue weighted by molar-refractivity contribution is 5.69. The number of phenolic OH excluding ortho intramolecular Hbond substituents is 1. The van der Waals surface area contributed by atoms with Crippen LogP contribution in [0.2, 0.25) is 0 Å². The number of aromatic hydroxyl groups is 1. The number of aryl methyl sites for hydroxylation is 1. The molecule has 0 bridgehead atoms. The van der Waals surface area contributed by atoms with Gasteiger partial charge in [-0.15, -0.1) is 0 Å². The summed E-state index contributed by atoms with van der Waals surface area (Å²) in [6, 6.07) is 7.65. The van der Waals surface area contributed by atoms with E-state index in [9.17, 15) is 9.90 Å². The van der Waals surface area contributed by atoms with Crippen LogP contribution in [0.3, 0.4) is 0 Å². The van der Waals surface area contributed by atoms with Gasteiger partial charge in [0, 0.05) is 30.4 Å². The van der Waals surface area contributed by atoms with E-state index >= 15 is 0 Å². The smallest absolute Gasteiger partial charge is 0.411 e. The van der Waals surface area contributed by atoms with Crippen molar-refractivity contribution in [2.75, 3.05) is 6.54 Å². The number of fused-ring (bicyclic) bond motifs is 3. The van der Waals surface area contributed by atoms with Crippen molar-refractivity contribution in [3.05, 3.63) is 65.5 Å². The van der Waals surface area contributed by atoms with Gasteiger partial charge in [0.05, 0.1) is 6.04 Å². The monoisotopic (exact) mass is 460 g/mol. The first kappa shape index (κ1) is 21.5. The fourth-order valence-corrected chi connectivity index (χ4v) is 6.31. The van der Waals surface area contributed by atoms with Crippen LogP contribution in [0, 0.1) is 11.3 Å². The lowest BCUT2D eigenvalue weighted by Crippen LogP contribution is -2.45. The van der Waals surface area contributed by atoms with Gasteiger partial charge in [0.1, 0.15) is 6.10 Å². The van der Waals surface area contributed by atoms with Crippen molar-refractivity contribution < 1.29 is 19.4 Å². The van der Waals surface area contributed by atoms with Gasteiger partial charge in [-0.05, 0) is 72.8 Å². The van der Waals surface area contributed by atoms with Crippen LogP contribution in [0.5, 0.6) is 11.5 Å². The number of carbonyl (C=O) groups is 1. The Morgan fingerprint density at radius 1 is 1.29 bits per heavy atom. The average Bonchev–Trinajstić information content (AvgIpc) is 3.25. The van der Waals surface area contributed by atoms with Gasteiger partial charge in [0.25, 0.3) is 0 Å². The van der Waals surface area contributed by atoms with Gasteiger partial charge >= 0.3 is 6.09 Å². The van der Waals surface area contributed by atoms with E-state index in [0.717, 1.165) is 30.4 Å². The number of phenols is 1. The lowest BCUT2D eigenvalue weighted by molar-refractivity contribution is 0.00497. The largest absolute Gasteiger partial charge is 0.504 e. The van der Waals surface area contributed by atoms with Gasteiger partial charge < -0.3 is 19.5 Å². The second-order valence-corrected chi connectivity index (χ2v) is 10.5. The fraction of sp³-hybridized carbons (Fsp3) is 0.500. The number of pyridine rings is 1. The van der Waals surface area contributed by atoms with Gasteiger partial charge in [-0.1, -0.05) is 32.1 Å². The summed E-state index contributed by atoms with van der Waals surface area (Å²) in [5, 5.41) is 10.6. The number of nitrogens with zero attached hydrogens (tertiary/aromatic N) is 2. The van der Waals surface area contributed by atoms with E-state index < -0.39 is 6.10 Å². The summed E-state index contributed by atoms with van der Waals surface area (Å²) in [5.74, 6) is 1.11. The van der Waals surface area contributed by atoms with E-state index in [0.29, 0.717) is 18.2 Å². The lowest BCUT2D eigenvalue weighted by Gasteiger charge is -2.38. The van der Waals surface area contributed by atoms with Crippen LogP contribution < -0.4 is 4.74 Å². The second kappa shape index (κ2) is 8.03. The van der Waals surface area contributed by atoms with Gasteiger partial charge in [-0.25, -0.2) is 4.79 Å². The molecule has 1 unspecified atom stereocenters. The SMILES string of the molecule is CCc1ccc(O)c2c1C1[C@@H](O2)[C@@H](OC(=O)N2CCC[C@H]2c2cccnc2)C=C[C@H]1C1(C)CC1. The van der Waals surface area contributed by atoms with Gasteiger partial charge in [-0.3, -0.25) is 4.98 Å². The fourth-order valence-electron chi connectivity index (χ4n) is 6.31. The van der Waals surface area contributed by atoms with Crippen LogP contribution in [0.25, 0.3) is 0 Å². The molecule has 1 saturated heterocycles. The van der Waals surface area contributed by atoms with E-state index in [4.69, 9.17) is 9.47 Å². The molecule has 5 atom stereocenters. The third-order valence-corrected chi connectivity index (χ3v) is 8.44. The van der Waals surface area contributed by atoms with E-state index in [1.54, 1.807) is 12.3 Å². The molecule has 1 aromatic carbocycles. The minimum absolute atomic E-state index is 0.0138. The molecule has 34 heavy (non-hydrogen) atoms. The Kier molecular flexibility index (Phi) is 5.08. The standard InChI is InChI=1S/C28H32N2O4/c1-3-17-8-10-21(31)25-23(17)24-19(28(2)12-13-28)9-11-22(26(24)34-25)33-27(32)30-15-5-7-20(30)18-6-4-14-29-16-18/h4,6,8-11,14,16,19-20,22,24,26,31H,3,5,7,12-13,15H2,1-2H3/t19-,20+,22+,24?,26+/m1/s1. The Bertz CT molecular complexity index is 1130. The lowest BCUT2D eigenvalue weighted by atomic mass is 9.69. The molecule has 6 rings (SSSR count). The second-order valence-electron chi connectivity index (χ2n) is 10.5. The van der Waals surface area contributed by atoms with Crippen molar-refractivity contribution >= 4 is 6.09 Å². The van der Waals surface area contributed by atoms with E-state index in [1.165, 1.54) is 18.4 Å². The average molecular weight is 461 g/mol. The van der Waals surface area contributed by atoms with E-state index in [2.05, 4.69) is 24.9 Å². The highest BCUT2D eigenvalue weighted by atomic mass is 16.6. The van der Waals surface area contributed by atoms with Gasteiger partial charge in [-0.2, -0.15) is 0 Å². The normalized spacial score (nSPS) is 30.4. The first-order valence-electron chi connectivity index (χ1n) is 12.6. The number of amides is 1. The number of allylic oxidation sites excluding steroid dienone is 1. The van der Waals surface area contributed by atoms with E-state index in [-0.39, 0.29) is 35.3 Å². The maximum Gasteiger partial charge on any atom is 0.411 e. The molecule has 1 amide bonds. The molecular formula is C28H32N2O4. The molecule has 2 fully saturated rings. The number of hydrogen-bond donors (Lipinski definition) is 1. The Morgan fingerprint density at radius 3 is 2.88 bits per heavy atom. The number of hydrogen-bond acceptors (Lipinski definition) is 5. The number of likely N-dealkylation sites (tertiary alicyclic amines) is 1. The van der Waals surface area contributed by atoms with Crippen molar-refractivity contribution in [2.24, 2.45) is 11.3 Å². The third kappa shape index (κ3) is 3.38. The van der Waals surface area contributed by atoms with Crippen molar-refractivity contribution in [3.8, 4) is 11.5 Å². The topological polar surface area (TPSA) is 71.9 Å². The highest BCUT2D eigenvalue weighted by Gasteiger charge is 2.56. The molecule has 3 heterocycles. The molecular weight excluding hydrogens is 428 g/mol. The number of benzene rings is 1. The predicted octanol–water partition coefficient (Wildman–Crippen LogP) is 5.52. The third-order valence-electron chi connectivity index (χ3n) is 8.44. The number of ether oxygens (including phenoxy) is 2.